The van der Waals surface area contributed by atoms with E-state index in [1.54, 1.807) is 6.07 Å². The number of aromatic nitrogens is 2. The Bertz CT molecular complexity index is 407. The van der Waals surface area contributed by atoms with E-state index in [2.05, 4.69) is 5.10 Å². The van der Waals surface area contributed by atoms with Crippen molar-refractivity contribution in [1.82, 2.24) is 9.78 Å². The maximum atomic E-state index is 12.5. The van der Waals surface area contributed by atoms with E-state index in [0.717, 1.165) is 6.42 Å². The first kappa shape index (κ1) is 12.9. The zero-order chi connectivity index (χ0) is 12.3. The highest BCUT2D eigenvalue weighted by Gasteiger charge is 2.22. The van der Waals surface area contributed by atoms with Crippen molar-refractivity contribution in [3.8, 4) is 6.07 Å². The topological polar surface area (TPSA) is 41.6 Å². The van der Waals surface area contributed by atoms with E-state index in [0.29, 0.717) is 12.5 Å². The molecule has 0 aliphatic heterocycles. The van der Waals surface area contributed by atoms with Crippen LogP contribution in [0.1, 0.15) is 38.0 Å². The summed E-state index contributed by atoms with van der Waals surface area (Å²) in [6.45, 7) is 4.46. The monoisotopic (exact) mass is 247 g/mol. The van der Waals surface area contributed by atoms with E-state index in [1.807, 2.05) is 13.8 Å². The largest absolute Gasteiger partial charge is 0.283 e. The molecule has 0 aliphatic carbocycles. The Hall–Kier alpha value is -1.15. The molecule has 3 nitrogen and oxygen atoms in total. The summed E-state index contributed by atoms with van der Waals surface area (Å²) in [5.74, 6) is 0.417. The Balaban J connectivity index is 3.00. The fourth-order valence-electron chi connectivity index (χ4n) is 1.24. The van der Waals surface area contributed by atoms with E-state index < -0.39 is 12.1 Å². The molecule has 1 rings (SSSR count). The number of nitriles is 1. The van der Waals surface area contributed by atoms with Crippen molar-refractivity contribution in [2.45, 2.75) is 33.2 Å². The summed E-state index contributed by atoms with van der Waals surface area (Å²) >= 11 is 5.80. The van der Waals surface area contributed by atoms with E-state index in [1.165, 1.54) is 4.68 Å². The van der Waals surface area contributed by atoms with Gasteiger partial charge in [-0.25, -0.2) is 8.78 Å². The van der Waals surface area contributed by atoms with Gasteiger partial charge in [0, 0.05) is 6.54 Å². The number of rotatable bonds is 4. The maximum Gasteiger partial charge on any atom is 0.283 e. The molecule has 0 amide bonds. The molecule has 0 fully saturated rings. The molecule has 6 heteroatoms. The molecule has 0 atom stereocenters. The first-order valence-electron chi connectivity index (χ1n) is 4.91. The second-order valence-corrected chi connectivity index (χ2v) is 4.23. The standard InChI is InChI=1S/C10H12ClF2N3/c1-6(2)3-4-16-9(11)7(5-14)8(15-16)10(12)13/h6,10H,3-4H2,1-2H3. The quantitative estimate of drug-likeness (QED) is 0.818. The highest BCUT2D eigenvalue weighted by molar-refractivity contribution is 6.30. The van der Waals surface area contributed by atoms with Crippen LogP contribution in [0.15, 0.2) is 0 Å². The van der Waals surface area contributed by atoms with Crippen LogP contribution in [-0.2, 0) is 6.54 Å². The summed E-state index contributed by atoms with van der Waals surface area (Å²) in [5.41, 5.74) is -0.753. The minimum absolute atomic E-state index is 0.00144. The van der Waals surface area contributed by atoms with Gasteiger partial charge in [-0.3, -0.25) is 4.68 Å². The van der Waals surface area contributed by atoms with E-state index in [9.17, 15) is 8.78 Å². The van der Waals surface area contributed by atoms with E-state index >= 15 is 0 Å². The molecular weight excluding hydrogens is 236 g/mol. The number of alkyl halides is 2. The molecule has 0 bridgehead atoms. The van der Waals surface area contributed by atoms with Crippen LogP contribution in [0.5, 0.6) is 0 Å². The fraction of sp³-hybridized carbons (Fsp3) is 0.600. The van der Waals surface area contributed by atoms with Crippen molar-refractivity contribution in [3.05, 3.63) is 16.4 Å². The highest BCUT2D eigenvalue weighted by atomic mass is 35.5. The fourth-order valence-corrected chi connectivity index (χ4v) is 1.50. The molecule has 0 aromatic carbocycles. The smallest absolute Gasteiger partial charge is 0.252 e. The van der Waals surface area contributed by atoms with Crippen molar-refractivity contribution in [1.29, 1.82) is 5.26 Å². The Morgan fingerprint density at radius 1 is 1.50 bits per heavy atom. The van der Waals surface area contributed by atoms with Crippen molar-refractivity contribution in [3.63, 3.8) is 0 Å². The third kappa shape index (κ3) is 2.70. The average molecular weight is 248 g/mol. The maximum absolute atomic E-state index is 12.5. The van der Waals surface area contributed by atoms with Crippen molar-refractivity contribution in [2.24, 2.45) is 5.92 Å². The van der Waals surface area contributed by atoms with Gasteiger partial charge in [-0.15, -0.1) is 0 Å². The minimum atomic E-state index is -2.77. The zero-order valence-electron chi connectivity index (χ0n) is 9.04. The molecule has 1 aromatic rings. The number of nitrogens with zero attached hydrogens (tertiary/aromatic N) is 3. The Morgan fingerprint density at radius 3 is 2.50 bits per heavy atom. The van der Waals surface area contributed by atoms with Gasteiger partial charge in [-0.1, -0.05) is 25.4 Å². The van der Waals surface area contributed by atoms with Gasteiger partial charge >= 0.3 is 0 Å². The van der Waals surface area contributed by atoms with Gasteiger partial charge in [0.15, 0.2) is 0 Å². The summed E-state index contributed by atoms with van der Waals surface area (Å²) in [6.07, 6.45) is -2.00. The molecule has 0 saturated heterocycles. The predicted molar refractivity (Wildman–Crippen MR) is 56.4 cm³/mol. The number of hydrogen-bond donors (Lipinski definition) is 0. The molecular formula is C10H12ClF2N3. The second kappa shape index (κ2) is 5.26. The lowest BCUT2D eigenvalue weighted by molar-refractivity contribution is 0.144. The van der Waals surface area contributed by atoms with Crippen molar-refractivity contribution < 1.29 is 8.78 Å². The minimum Gasteiger partial charge on any atom is -0.252 e. The van der Waals surface area contributed by atoms with Crippen LogP contribution in [-0.4, -0.2) is 9.78 Å². The number of halogens is 3. The highest BCUT2D eigenvalue weighted by Crippen LogP contribution is 2.27. The van der Waals surface area contributed by atoms with Gasteiger partial charge in [0.1, 0.15) is 22.5 Å². The molecule has 16 heavy (non-hydrogen) atoms. The molecule has 1 aromatic heterocycles. The third-order valence-corrected chi connectivity index (χ3v) is 2.54. The number of aryl methyl sites for hydroxylation is 1. The Labute approximate surface area is 97.6 Å². The van der Waals surface area contributed by atoms with Gasteiger partial charge in [-0.05, 0) is 12.3 Å². The SMILES string of the molecule is CC(C)CCn1nc(C(F)F)c(C#N)c1Cl. The van der Waals surface area contributed by atoms with Gasteiger partial charge in [0.2, 0.25) is 0 Å². The summed E-state index contributed by atoms with van der Waals surface area (Å²) in [5, 5.41) is 12.4. The van der Waals surface area contributed by atoms with Crippen LogP contribution in [0.25, 0.3) is 0 Å². The lowest BCUT2D eigenvalue weighted by Crippen LogP contribution is -2.04. The van der Waals surface area contributed by atoms with Crippen LogP contribution in [0.2, 0.25) is 5.15 Å². The molecule has 88 valence electrons. The molecule has 0 unspecified atom stereocenters. The Morgan fingerprint density at radius 2 is 2.12 bits per heavy atom. The summed E-state index contributed by atoms with van der Waals surface area (Å²) in [4.78, 5) is 0. The lowest BCUT2D eigenvalue weighted by Gasteiger charge is -2.05. The third-order valence-electron chi connectivity index (χ3n) is 2.15. The van der Waals surface area contributed by atoms with Crippen LogP contribution in [0.3, 0.4) is 0 Å². The molecule has 0 radical (unpaired) electrons. The Kier molecular flexibility index (Phi) is 4.25. The van der Waals surface area contributed by atoms with E-state index in [4.69, 9.17) is 16.9 Å². The summed E-state index contributed by atoms with van der Waals surface area (Å²) < 4.78 is 26.3. The molecule has 0 aliphatic rings. The number of hydrogen-bond acceptors (Lipinski definition) is 2. The lowest BCUT2D eigenvalue weighted by atomic mass is 10.1. The van der Waals surface area contributed by atoms with Gasteiger partial charge in [0.05, 0.1) is 0 Å². The van der Waals surface area contributed by atoms with Crippen LogP contribution in [0.4, 0.5) is 8.78 Å². The second-order valence-electron chi connectivity index (χ2n) is 3.87. The normalized spacial score (nSPS) is 11.1. The molecule has 1 heterocycles. The van der Waals surface area contributed by atoms with Gasteiger partial charge < -0.3 is 0 Å². The van der Waals surface area contributed by atoms with Crippen LogP contribution >= 0.6 is 11.6 Å². The van der Waals surface area contributed by atoms with Crippen LogP contribution in [0, 0.1) is 17.2 Å². The molecule has 0 saturated carbocycles. The molecule has 0 N–H and O–H groups in total. The predicted octanol–water partition coefficient (Wildman–Crippen LogP) is 3.39. The first-order chi connectivity index (χ1) is 7.47. The van der Waals surface area contributed by atoms with E-state index in [-0.39, 0.29) is 10.7 Å². The van der Waals surface area contributed by atoms with Crippen LogP contribution < -0.4 is 0 Å². The van der Waals surface area contributed by atoms with Gasteiger partial charge in [0.25, 0.3) is 6.43 Å². The first-order valence-corrected chi connectivity index (χ1v) is 5.29. The zero-order valence-corrected chi connectivity index (χ0v) is 9.80. The summed E-state index contributed by atoms with van der Waals surface area (Å²) in [7, 11) is 0. The average Bonchev–Trinajstić information content (AvgIpc) is 2.52. The molecule has 0 spiro atoms. The summed E-state index contributed by atoms with van der Waals surface area (Å²) in [6, 6.07) is 1.66. The van der Waals surface area contributed by atoms with Crippen molar-refractivity contribution in [2.75, 3.05) is 0 Å². The van der Waals surface area contributed by atoms with Crippen molar-refractivity contribution >= 4 is 11.6 Å². The van der Waals surface area contributed by atoms with Gasteiger partial charge in [-0.2, -0.15) is 10.4 Å².